The molecule has 226 valence electrons. The maximum absolute atomic E-state index is 14.3. The predicted octanol–water partition coefficient (Wildman–Crippen LogP) is 4.75. The molecule has 3 aromatic rings. The number of likely N-dealkylation sites (tertiary alicyclic amines) is 1. The summed E-state index contributed by atoms with van der Waals surface area (Å²) in [5.41, 5.74) is 2.68. The summed E-state index contributed by atoms with van der Waals surface area (Å²) in [6, 6.07) is 29.7. The first-order valence-corrected chi connectivity index (χ1v) is 15.2. The van der Waals surface area contributed by atoms with E-state index >= 15 is 0 Å². The molecule has 1 unspecified atom stereocenters. The van der Waals surface area contributed by atoms with E-state index < -0.39 is 17.6 Å². The van der Waals surface area contributed by atoms with Gasteiger partial charge in [-0.3, -0.25) is 9.69 Å². The highest BCUT2D eigenvalue weighted by atomic mass is 16.4. The standard InChI is InChI=1S/C35H42N4O4/c1-26(2)31(33(41)42)36(3)34(43)38-22-13-21-37(24-25-38)32(40)30-20-23-39(30)35(27-14-7-4-8-15-27,28-16-9-5-10-17-28)29-18-11-6-12-19-29/h4-12,14-19,26,30-31H,13,20-25H2,1-3H3,(H,41,42)/t30-,31?/m0/s1. The molecule has 2 atom stereocenters. The summed E-state index contributed by atoms with van der Waals surface area (Å²) < 4.78 is 0. The van der Waals surface area contributed by atoms with Crippen molar-refractivity contribution in [1.82, 2.24) is 19.6 Å². The summed E-state index contributed by atoms with van der Waals surface area (Å²) in [7, 11) is 1.55. The van der Waals surface area contributed by atoms with Gasteiger partial charge in [0.2, 0.25) is 5.91 Å². The number of urea groups is 1. The number of nitrogens with zero attached hydrogens (tertiary/aromatic N) is 4. The fourth-order valence-electron chi connectivity index (χ4n) is 6.86. The van der Waals surface area contributed by atoms with E-state index in [1.54, 1.807) is 25.8 Å². The number of amides is 3. The van der Waals surface area contributed by atoms with Gasteiger partial charge in [-0.2, -0.15) is 0 Å². The van der Waals surface area contributed by atoms with Crippen LogP contribution in [0.2, 0.25) is 0 Å². The quantitative estimate of drug-likeness (QED) is 0.388. The Morgan fingerprint density at radius 1 is 0.744 bits per heavy atom. The Morgan fingerprint density at radius 2 is 1.21 bits per heavy atom. The molecule has 3 amide bonds. The average molecular weight is 583 g/mol. The second-order valence-corrected chi connectivity index (χ2v) is 11.9. The summed E-state index contributed by atoms with van der Waals surface area (Å²) in [4.78, 5) is 46.7. The predicted molar refractivity (Wildman–Crippen MR) is 167 cm³/mol. The summed E-state index contributed by atoms with van der Waals surface area (Å²) >= 11 is 0. The van der Waals surface area contributed by atoms with Crippen LogP contribution >= 0.6 is 0 Å². The summed E-state index contributed by atoms with van der Waals surface area (Å²) in [5, 5.41) is 9.69. The van der Waals surface area contributed by atoms with Crippen LogP contribution in [0, 0.1) is 5.92 Å². The lowest BCUT2D eigenvalue weighted by Gasteiger charge is -2.54. The lowest BCUT2D eigenvalue weighted by atomic mass is 9.72. The van der Waals surface area contributed by atoms with Crippen LogP contribution in [-0.4, -0.2) is 94.5 Å². The van der Waals surface area contributed by atoms with Crippen LogP contribution < -0.4 is 0 Å². The Bertz CT molecular complexity index is 1300. The Morgan fingerprint density at radius 3 is 1.63 bits per heavy atom. The zero-order valence-electron chi connectivity index (χ0n) is 25.3. The molecule has 0 radical (unpaired) electrons. The first-order valence-electron chi connectivity index (χ1n) is 15.2. The van der Waals surface area contributed by atoms with Gasteiger partial charge in [0.1, 0.15) is 6.04 Å². The van der Waals surface area contributed by atoms with E-state index in [1.807, 2.05) is 23.1 Å². The third kappa shape index (κ3) is 5.76. The summed E-state index contributed by atoms with van der Waals surface area (Å²) in [6.45, 7) is 6.19. The minimum Gasteiger partial charge on any atom is -0.480 e. The minimum absolute atomic E-state index is 0.0756. The number of benzene rings is 3. The first kappa shape index (κ1) is 30.3. The van der Waals surface area contributed by atoms with Crippen molar-refractivity contribution in [2.75, 3.05) is 39.8 Å². The van der Waals surface area contributed by atoms with E-state index in [9.17, 15) is 19.5 Å². The van der Waals surface area contributed by atoms with E-state index in [0.29, 0.717) is 32.6 Å². The van der Waals surface area contributed by atoms with Crippen LogP contribution in [0.15, 0.2) is 91.0 Å². The zero-order chi connectivity index (χ0) is 30.6. The van der Waals surface area contributed by atoms with Gasteiger partial charge in [-0.15, -0.1) is 0 Å². The molecule has 5 rings (SSSR count). The first-order chi connectivity index (χ1) is 20.8. The molecule has 0 aliphatic carbocycles. The van der Waals surface area contributed by atoms with Gasteiger partial charge in [0.15, 0.2) is 0 Å². The second-order valence-electron chi connectivity index (χ2n) is 11.9. The fourth-order valence-corrected chi connectivity index (χ4v) is 6.86. The van der Waals surface area contributed by atoms with Gasteiger partial charge in [0.25, 0.3) is 0 Å². The van der Waals surface area contributed by atoms with Gasteiger partial charge in [-0.25, -0.2) is 9.59 Å². The highest BCUT2D eigenvalue weighted by Crippen LogP contribution is 2.47. The molecule has 8 heteroatoms. The molecule has 43 heavy (non-hydrogen) atoms. The van der Waals surface area contributed by atoms with Crippen LogP contribution in [0.3, 0.4) is 0 Å². The number of carboxylic acids is 1. The van der Waals surface area contributed by atoms with E-state index in [4.69, 9.17) is 0 Å². The fraction of sp³-hybridized carbons (Fsp3) is 0.400. The number of likely N-dealkylation sites (N-methyl/N-ethyl adjacent to an activating group) is 1. The van der Waals surface area contributed by atoms with Gasteiger partial charge in [0, 0.05) is 39.8 Å². The number of rotatable bonds is 8. The molecule has 2 fully saturated rings. The van der Waals surface area contributed by atoms with Crippen molar-refractivity contribution >= 4 is 17.9 Å². The van der Waals surface area contributed by atoms with Crippen LogP contribution in [-0.2, 0) is 15.1 Å². The van der Waals surface area contributed by atoms with Gasteiger partial charge in [-0.1, -0.05) is 105 Å². The maximum atomic E-state index is 14.3. The Kier molecular flexibility index (Phi) is 9.16. The Balaban J connectivity index is 1.42. The van der Waals surface area contributed by atoms with Crippen LogP contribution in [0.4, 0.5) is 4.79 Å². The van der Waals surface area contributed by atoms with Crippen LogP contribution in [0.1, 0.15) is 43.4 Å². The van der Waals surface area contributed by atoms with Crippen molar-refractivity contribution in [3.8, 4) is 0 Å². The third-order valence-corrected chi connectivity index (χ3v) is 8.99. The van der Waals surface area contributed by atoms with Gasteiger partial charge < -0.3 is 19.8 Å². The van der Waals surface area contributed by atoms with E-state index in [1.165, 1.54) is 4.90 Å². The van der Waals surface area contributed by atoms with Gasteiger partial charge >= 0.3 is 12.0 Å². The smallest absolute Gasteiger partial charge is 0.326 e. The molecule has 0 spiro atoms. The molecule has 2 saturated heterocycles. The van der Waals surface area contributed by atoms with E-state index in [2.05, 4.69) is 77.7 Å². The molecule has 2 aliphatic rings. The molecule has 3 aromatic carbocycles. The highest BCUT2D eigenvalue weighted by Gasteiger charge is 2.52. The topological polar surface area (TPSA) is 84.4 Å². The second kappa shape index (κ2) is 13.0. The Hall–Kier alpha value is -4.17. The number of aliphatic carboxylic acids is 1. The van der Waals surface area contributed by atoms with Crippen molar-refractivity contribution in [1.29, 1.82) is 0 Å². The van der Waals surface area contributed by atoms with Crippen molar-refractivity contribution < 1.29 is 19.5 Å². The molecule has 1 N–H and O–H groups in total. The lowest BCUT2D eigenvalue weighted by molar-refractivity contribution is -0.145. The molecule has 0 saturated carbocycles. The van der Waals surface area contributed by atoms with Crippen molar-refractivity contribution in [3.05, 3.63) is 108 Å². The molecular weight excluding hydrogens is 540 g/mol. The molecular formula is C35H42N4O4. The number of hydrogen-bond acceptors (Lipinski definition) is 4. The normalized spacial score (nSPS) is 18.5. The van der Waals surface area contributed by atoms with Gasteiger partial charge in [0.05, 0.1) is 11.6 Å². The summed E-state index contributed by atoms with van der Waals surface area (Å²) in [6.07, 6.45) is 1.39. The number of hydrogen-bond donors (Lipinski definition) is 1. The number of carbonyl (C=O) groups excluding carboxylic acids is 2. The molecule has 2 heterocycles. The average Bonchev–Trinajstić information content (AvgIpc) is 3.26. The molecule has 8 nitrogen and oxygen atoms in total. The lowest BCUT2D eigenvalue weighted by Crippen LogP contribution is -2.65. The number of carbonyl (C=O) groups is 3. The van der Waals surface area contributed by atoms with E-state index in [0.717, 1.165) is 29.7 Å². The largest absolute Gasteiger partial charge is 0.480 e. The van der Waals surface area contributed by atoms with Gasteiger partial charge in [-0.05, 0) is 35.4 Å². The zero-order valence-corrected chi connectivity index (χ0v) is 25.3. The SMILES string of the molecule is CC(C)C(C(=O)O)N(C)C(=O)N1CCCN(C(=O)[C@@H]2CCN2C(c2ccccc2)(c2ccccc2)c2ccccc2)CC1. The van der Waals surface area contributed by atoms with Crippen molar-refractivity contribution in [3.63, 3.8) is 0 Å². The van der Waals surface area contributed by atoms with Crippen LogP contribution in [0.25, 0.3) is 0 Å². The highest BCUT2D eigenvalue weighted by molar-refractivity contribution is 5.84. The third-order valence-electron chi connectivity index (χ3n) is 8.99. The monoisotopic (exact) mass is 582 g/mol. The Labute approximate surface area is 254 Å². The molecule has 0 aromatic heterocycles. The van der Waals surface area contributed by atoms with Crippen molar-refractivity contribution in [2.45, 2.75) is 44.3 Å². The van der Waals surface area contributed by atoms with E-state index in [-0.39, 0.29) is 23.9 Å². The minimum atomic E-state index is -1.01. The molecule has 2 aliphatic heterocycles. The van der Waals surface area contributed by atoms with Crippen LogP contribution in [0.5, 0.6) is 0 Å². The number of carboxylic acid groups (broad SMARTS) is 1. The van der Waals surface area contributed by atoms with Crippen molar-refractivity contribution in [2.24, 2.45) is 5.92 Å². The maximum Gasteiger partial charge on any atom is 0.326 e. The molecule has 0 bridgehead atoms. The summed E-state index contributed by atoms with van der Waals surface area (Å²) in [5.74, 6) is -1.16.